The molecule has 0 aromatic rings. The van der Waals surface area contributed by atoms with Crippen LogP contribution >= 0.6 is 11.8 Å². The number of fused-ring (bicyclic) bond motifs is 1. The van der Waals surface area contributed by atoms with Crippen LogP contribution in [0, 0.1) is 0 Å². The summed E-state index contributed by atoms with van der Waals surface area (Å²) >= 11 is 1.23. The standard InChI is InChI=1S/C7H8N4O3S/c1-7(9-10-8)5(6(13)14)11-3(12)2-4(11)15-7/h4-5H,2H2,1H3,(H,13,14). The van der Waals surface area contributed by atoms with Crippen LogP contribution in [0.3, 0.4) is 0 Å². The number of azide groups is 1. The highest BCUT2D eigenvalue weighted by atomic mass is 32.2. The van der Waals surface area contributed by atoms with Gasteiger partial charge in [-0.2, -0.15) is 0 Å². The van der Waals surface area contributed by atoms with Gasteiger partial charge in [0, 0.05) is 4.91 Å². The van der Waals surface area contributed by atoms with Crippen LogP contribution in [-0.4, -0.2) is 38.2 Å². The second kappa shape index (κ2) is 3.04. The van der Waals surface area contributed by atoms with Gasteiger partial charge in [-0.1, -0.05) is 5.11 Å². The highest BCUT2D eigenvalue weighted by Gasteiger charge is 2.60. The number of amides is 1. The topological polar surface area (TPSA) is 106 Å². The van der Waals surface area contributed by atoms with Gasteiger partial charge in [0.05, 0.1) is 11.8 Å². The van der Waals surface area contributed by atoms with Crippen molar-refractivity contribution in [3.63, 3.8) is 0 Å². The van der Waals surface area contributed by atoms with Gasteiger partial charge in [0.15, 0.2) is 6.04 Å². The molecule has 8 heteroatoms. The molecular formula is C7H8N4O3S. The predicted molar refractivity (Wildman–Crippen MR) is 51.8 cm³/mol. The van der Waals surface area contributed by atoms with Crippen molar-refractivity contribution >= 4 is 23.6 Å². The van der Waals surface area contributed by atoms with Crippen LogP contribution < -0.4 is 0 Å². The zero-order chi connectivity index (χ0) is 11.2. The summed E-state index contributed by atoms with van der Waals surface area (Å²) in [5.74, 6) is -1.33. The van der Waals surface area contributed by atoms with Crippen molar-refractivity contribution in [2.45, 2.75) is 29.6 Å². The van der Waals surface area contributed by atoms with Gasteiger partial charge in [0.1, 0.15) is 4.87 Å². The lowest BCUT2D eigenvalue weighted by Gasteiger charge is -2.36. The van der Waals surface area contributed by atoms with E-state index in [0.29, 0.717) is 6.42 Å². The Hall–Kier alpha value is -1.40. The molecule has 2 rings (SSSR count). The Labute approximate surface area is 89.1 Å². The number of hydrogen-bond donors (Lipinski definition) is 1. The minimum Gasteiger partial charge on any atom is -0.480 e. The maximum absolute atomic E-state index is 11.2. The molecule has 2 aliphatic rings. The second-order valence-corrected chi connectivity index (χ2v) is 5.17. The quantitative estimate of drug-likeness (QED) is 0.326. The van der Waals surface area contributed by atoms with Crippen LogP contribution in [0.2, 0.25) is 0 Å². The largest absolute Gasteiger partial charge is 0.480 e. The third kappa shape index (κ3) is 1.25. The van der Waals surface area contributed by atoms with Gasteiger partial charge >= 0.3 is 5.97 Å². The lowest BCUT2D eigenvalue weighted by atomic mass is 10.0. The first-order valence-electron chi connectivity index (χ1n) is 4.27. The molecule has 1 N–H and O–H groups in total. The van der Waals surface area contributed by atoms with Gasteiger partial charge in [-0.15, -0.1) is 11.8 Å². The highest BCUT2D eigenvalue weighted by Crippen LogP contribution is 2.51. The van der Waals surface area contributed by atoms with Crippen molar-refractivity contribution < 1.29 is 14.7 Å². The average Bonchev–Trinajstić information content (AvgIpc) is 2.35. The maximum Gasteiger partial charge on any atom is 0.328 e. The summed E-state index contributed by atoms with van der Waals surface area (Å²) in [6, 6.07) is -1.05. The molecule has 1 amide bonds. The van der Waals surface area contributed by atoms with Crippen molar-refractivity contribution in [3.05, 3.63) is 10.4 Å². The summed E-state index contributed by atoms with van der Waals surface area (Å²) in [7, 11) is 0. The van der Waals surface area contributed by atoms with Crippen molar-refractivity contribution in [2.24, 2.45) is 5.11 Å². The lowest BCUT2D eigenvalue weighted by molar-refractivity contribution is -0.157. The Kier molecular flexibility index (Phi) is 2.06. The Bertz CT molecular complexity index is 394. The molecule has 2 heterocycles. The van der Waals surface area contributed by atoms with Crippen LogP contribution in [0.1, 0.15) is 13.3 Å². The molecule has 0 aromatic carbocycles. The number of rotatable bonds is 2. The first kappa shape index (κ1) is 10.1. The summed E-state index contributed by atoms with van der Waals surface area (Å²) in [5.41, 5.74) is 8.40. The summed E-state index contributed by atoms with van der Waals surface area (Å²) < 4.78 is 0. The Balaban J connectivity index is 2.38. The third-order valence-corrected chi connectivity index (χ3v) is 4.03. The second-order valence-electron chi connectivity index (χ2n) is 3.56. The van der Waals surface area contributed by atoms with Gasteiger partial charge < -0.3 is 10.0 Å². The lowest BCUT2D eigenvalue weighted by Crippen LogP contribution is -2.56. The number of carboxylic acid groups (broad SMARTS) is 1. The summed E-state index contributed by atoms with van der Waals surface area (Å²) in [6.07, 6.45) is 0.324. The fourth-order valence-corrected chi connectivity index (χ4v) is 3.48. The number of carbonyl (C=O) groups is 2. The van der Waals surface area contributed by atoms with E-state index in [0.717, 1.165) is 0 Å². The first-order valence-corrected chi connectivity index (χ1v) is 5.15. The predicted octanol–water partition coefficient (Wildman–Crippen LogP) is 0.771. The van der Waals surface area contributed by atoms with Crippen LogP contribution in [-0.2, 0) is 9.59 Å². The van der Waals surface area contributed by atoms with Crippen molar-refractivity contribution in [1.29, 1.82) is 0 Å². The Morgan fingerprint density at radius 2 is 2.53 bits per heavy atom. The summed E-state index contributed by atoms with van der Waals surface area (Å²) in [4.78, 5) is 25.1. The molecule has 0 radical (unpaired) electrons. The SMILES string of the molecule is CC1(N=[N+]=[N-])SC2CC(=O)N2C1C(=O)O. The minimum absolute atomic E-state index is 0.158. The fraction of sp³-hybridized carbons (Fsp3) is 0.714. The smallest absolute Gasteiger partial charge is 0.328 e. The average molecular weight is 228 g/mol. The summed E-state index contributed by atoms with van der Waals surface area (Å²) in [5, 5.41) is 12.4. The van der Waals surface area contributed by atoms with Crippen LogP contribution in [0.4, 0.5) is 0 Å². The van der Waals surface area contributed by atoms with Gasteiger partial charge in [0.25, 0.3) is 0 Å². The van der Waals surface area contributed by atoms with E-state index in [2.05, 4.69) is 10.0 Å². The van der Waals surface area contributed by atoms with E-state index in [1.165, 1.54) is 16.7 Å². The molecule has 7 nitrogen and oxygen atoms in total. The number of carbonyl (C=O) groups excluding carboxylic acids is 1. The fourth-order valence-electron chi connectivity index (χ4n) is 1.92. The van der Waals surface area contributed by atoms with E-state index >= 15 is 0 Å². The normalized spacial score (nSPS) is 37.9. The monoisotopic (exact) mass is 228 g/mol. The highest BCUT2D eigenvalue weighted by molar-refractivity contribution is 8.01. The number of carboxylic acids is 1. The van der Waals surface area contributed by atoms with Crippen LogP contribution in [0.25, 0.3) is 10.4 Å². The van der Waals surface area contributed by atoms with Gasteiger partial charge in [-0.3, -0.25) is 4.79 Å². The van der Waals surface area contributed by atoms with Gasteiger partial charge in [-0.25, -0.2) is 4.79 Å². The number of aliphatic carboxylic acids is 1. The molecular weight excluding hydrogens is 220 g/mol. The summed E-state index contributed by atoms with van der Waals surface area (Å²) in [6.45, 7) is 1.54. The van der Waals surface area contributed by atoms with Crippen molar-refractivity contribution in [3.8, 4) is 0 Å². The van der Waals surface area contributed by atoms with E-state index in [1.54, 1.807) is 6.92 Å². The molecule has 0 aliphatic carbocycles. The van der Waals surface area contributed by atoms with Gasteiger partial charge in [-0.05, 0) is 12.5 Å². The van der Waals surface area contributed by atoms with Crippen LogP contribution in [0.5, 0.6) is 0 Å². The first-order chi connectivity index (χ1) is 6.99. The number of nitrogens with zero attached hydrogens (tertiary/aromatic N) is 4. The van der Waals surface area contributed by atoms with Crippen LogP contribution in [0.15, 0.2) is 5.11 Å². The molecule has 0 bridgehead atoms. The number of thioether (sulfide) groups is 1. The van der Waals surface area contributed by atoms with E-state index in [4.69, 9.17) is 10.6 Å². The molecule has 15 heavy (non-hydrogen) atoms. The molecule has 0 aromatic heterocycles. The Morgan fingerprint density at radius 1 is 1.87 bits per heavy atom. The van der Waals surface area contributed by atoms with E-state index in [9.17, 15) is 9.59 Å². The van der Waals surface area contributed by atoms with Gasteiger partial charge in [0.2, 0.25) is 5.91 Å². The zero-order valence-corrected chi connectivity index (χ0v) is 8.64. The molecule has 0 spiro atoms. The number of β-lactam (4-membered cyclic amide) rings is 1. The van der Waals surface area contributed by atoms with Crippen molar-refractivity contribution in [2.75, 3.05) is 0 Å². The van der Waals surface area contributed by atoms with E-state index in [1.807, 2.05) is 0 Å². The van der Waals surface area contributed by atoms with E-state index < -0.39 is 16.9 Å². The minimum atomic E-state index is -1.13. The molecule has 2 saturated heterocycles. The third-order valence-electron chi connectivity index (χ3n) is 2.58. The van der Waals surface area contributed by atoms with E-state index in [-0.39, 0.29) is 11.3 Å². The molecule has 2 fully saturated rings. The Morgan fingerprint density at radius 3 is 3.00 bits per heavy atom. The number of hydrogen-bond acceptors (Lipinski definition) is 4. The maximum atomic E-state index is 11.2. The molecule has 0 saturated carbocycles. The van der Waals surface area contributed by atoms with Crippen molar-refractivity contribution in [1.82, 2.24) is 4.90 Å². The molecule has 3 unspecified atom stereocenters. The molecule has 80 valence electrons. The molecule has 2 aliphatic heterocycles. The molecule has 3 atom stereocenters. The zero-order valence-electron chi connectivity index (χ0n) is 7.82.